The first-order valence-electron chi connectivity index (χ1n) is 8.49. The summed E-state index contributed by atoms with van der Waals surface area (Å²) in [6, 6.07) is 10.5. The van der Waals surface area contributed by atoms with Gasteiger partial charge in [-0.15, -0.1) is 0 Å². The number of hydrogen-bond acceptors (Lipinski definition) is 7. The van der Waals surface area contributed by atoms with E-state index >= 15 is 0 Å². The minimum absolute atomic E-state index is 0.144. The SMILES string of the molecule is C=CC(=O)Nc1cccc(Oc2nc(N/N=C(\C)c3cccnc3)ncc2Cl)c1. The summed E-state index contributed by atoms with van der Waals surface area (Å²) in [5.41, 5.74) is 4.90. The number of nitrogens with zero attached hydrogens (tertiary/aromatic N) is 4. The molecule has 1 amide bonds. The Morgan fingerprint density at radius 2 is 2.14 bits per heavy atom. The second kappa shape index (κ2) is 9.43. The van der Waals surface area contributed by atoms with Crippen LogP contribution in [0.4, 0.5) is 11.6 Å². The van der Waals surface area contributed by atoms with Gasteiger partial charge in [0.05, 0.1) is 11.9 Å². The molecule has 2 N–H and O–H groups in total. The molecule has 0 radical (unpaired) electrons. The van der Waals surface area contributed by atoms with Crippen LogP contribution in [-0.4, -0.2) is 26.6 Å². The molecule has 2 aromatic heterocycles. The smallest absolute Gasteiger partial charge is 0.247 e. The van der Waals surface area contributed by atoms with Crippen molar-refractivity contribution in [1.82, 2.24) is 15.0 Å². The zero-order valence-electron chi connectivity index (χ0n) is 15.5. The molecule has 9 heteroatoms. The molecule has 0 unspecified atom stereocenters. The first-order valence-corrected chi connectivity index (χ1v) is 8.87. The Labute approximate surface area is 172 Å². The zero-order chi connectivity index (χ0) is 20.6. The quantitative estimate of drug-likeness (QED) is 0.344. The van der Waals surface area contributed by atoms with E-state index in [-0.39, 0.29) is 22.8 Å². The standard InChI is InChI=1S/C20H17ClN6O2/c1-3-18(28)24-15-7-4-8-16(10-15)29-19-17(21)12-23-20(25-19)27-26-13(2)14-6-5-9-22-11-14/h3-12H,1H2,2H3,(H,24,28)(H,23,25,27)/b26-13+. The van der Waals surface area contributed by atoms with Crippen molar-refractivity contribution in [3.63, 3.8) is 0 Å². The van der Waals surface area contributed by atoms with Gasteiger partial charge in [-0.1, -0.05) is 30.3 Å². The first-order chi connectivity index (χ1) is 14.0. The van der Waals surface area contributed by atoms with E-state index in [1.165, 1.54) is 12.3 Å². The molecule has 3 rings (SSSR count). The van der Waals surface area contributed by atoms with Crippen molar-refractivity contribution in [2.45, 2.75) is 6.92 Å². The second-order valence-electron chi connectivity index (χ2n) is 5.72. The largest absolute Gasteiger partial charge is 0.437 e. The van der Waals surface area contributed by atoms with Crippen LogP contribution in [0.25, 0.3) is 0 Å². The maximum atomic E-state index is 11.4. The van der Waals surface area contributed by atoms with Crippen molar-refractivity contribution in [3.05, 3.63) is 78.2 Å². The lowest BCUT2D eigenvalue weighted by Gasteiger charge is -2.09. The molecule has 8 nitrogen and oxygen atoms in total. The van der Waals surface area contributed by atoms with E-state index in [2.05, 4.69) is 37.4 Å². The molecule has 146 valence electrons. The first kappa shape index (κ1) is 20.0. The van der Waals surface area contributed by atoms with E-state index in [0.717, 1.165) is 5.56 Å². The predicted molar refractivity (Wildman–Crippen MR) is 112 cm³/mol. The Morgan fingerprint density at radius 3 is 2.90 bits per heavy atom. The number of carbonyl (C=O) groups excluding carboxylic acids is 1. The number of halogens is 1. The number of rotatable bonds is 7. The van der Waals surface area contributed by atoms with Gasteiger partial charge in [0.1, 0.15) is 10.8 Å². The lowest BCUT2D eigenvalue weighted by Crippen LogP contribution is -2.07. The van der Waals surface area contributed by atoms with E-state index in [0.29, 0.717) is 17.1 Å². The van der Waals surface area contributed by atoms with Gasteiger partial charge in [-0.3, -0.25) is 9.78 Å². The van der Waals surface area contributed by atoms with Gasteiger partial charge in [-0.25, -0.2) is 10.4 Å². The molecule has 0 aliphatic carbocycles. The van der Waals surface area contributed by atoms with E-state index in [1.807, 2.05) is 19.1 Å². The molecular formula is C20H17ClN6O2. The number of nitrogens with one attached hydrogen (secondary N) is 2. The fourth-order valence-corrected chi connectivity index (χ4v) is 2.32. The Kier molecular flexibility index (Phi) is 6.49. The van der Waals surface area contributed by atoms with Crippen molar-refractivity contribution < 1.29 is 9.53 Å². The topological polar surface area (TPSA) is 101 Å². The average molecular weight is 409 g/mol. The summed E-state index contributed by atoms with van der Waals surface area (Å²) < 4.78 is 5.74. The number of anilines is 2. The summed E-state index contributed by atoms with van der Waals surface area (Å²) in [6.07, 6.45) is 5.98. The van der Waals surface area contributed by atoms with Crippen LogP contribution in [0.15, 0.2) is 72.7 Å². The van der Waals surface area contributed by atoms with Crippen molar-refractivity contribution in [2.75, 3.05) is 10.7 Å². The summed E-state index contributed by atoms with van der Waals surface area (Å²) in [5, 5.41) is 7.12. The van der Waals surface area contributed by atoms with Gasteiger partial charge < -0.3 is 10.1 Å². The molecule has 0 bridgehead atoms. The average Bonchev–Trinajstić information content (AvgIpc) is 2.75. The van der Waals surface area contributed by atoms with E-state index < -0.39 is 0 Å². The van der Waals surface area contributed by atoms with Gasteiger partial charge in [0.2, 0.25) is 17.7 Å². The van der Waals surface area contributed by atoms with Crippen LogP contribution < -0.4 is 15.5 Å². The Balaban J connectivity index is 1.75. The van der Waals surface area contributed by atoms with Crippen LogP contribution in [0.5, 0.6) is 11.6 Å². The fraction of sp³-hybridized carbons (Fsp3) is 0.0500. The molecule has 2 heterocycles. The monoisotopic (exact) mass is 408 g/mol. The highest BCUT2D eigenvalue weighted by Crippen LogP contribution is 2.29. The van der Waals surface area contributed by atoms with Crippen molar-refractivity contribution >= 4 is 34.9 Å². The Hall–Kier alpha value is -3.78. The molecular weight excluding hydrogens is 392 g/mol. The normalized spacial score (nSPS) is 10.9. The van der Waals surface area contributed by atoms with Crippen LogP contribution in [-0.2, 0) is 4.79 Å². The third-order valence-electron chi connectivity index (χ3n) is 3.62. The number of pyridine rings is 1. The van der Waals surface area contributed by atoms with Crippen LogP contribution in [0, 0.1) is 0 Å². The zero-order valence-corrected chi connectivity index (χ0v) is 16.2. The minimum atomic E-state index is -0.324. The van der Waals surface area contributed by atoms with Crippen molar-refractivity contribution in [2.24, 2.45) is 5.10 Å². The highest BCUT2D eigenvalue weighted by Gasteiger charge is 2.09. The molecule has 29 heavy (non-hydrogen) atoms. The summed E-state index contributed by atoms with van der Waals surface area (Å²) in [6.45, 7) is 5.25. The predicted octanol–water partition coefficient (Wildman–Crippen LogP) is 4.28. The number of amides is 1. The lowest BCUT2D eigenvalue weighted by molar-refractivity contribution is -0.111. The summed E-state index contributed by atoms with van der Waals surface area (Å²) in [4.78, 5) is 23.8. The Morgan fingerprint density at radius 1 is 1.28 bits per heavy atom. The molecule has 0 saturated carbocycles. The van der Waals surface area contributed by atoms with Crippen LogP contribution in [0.2, 0.25) is 5.02 Å². The summed E-state index contributed by atoms with van der Waals surface area (Å²) in [7, 11) is 0. The number of ether oxygens (including phenoxy) is 1. The number of aromatic nitrogens is 3. The van der Waals surface area contributed by atoms with Crippen LogP contribution in [0.3, 0.4) is 0 Å². The third-order valence-corrected chi connectivity index (χ3v) is 3.88. The molecule has 0 aliphatic heterocycles. The van der Waals surface area contributed by atoms with Gasteiger partial charge in [0, 0.05) is 29.7 Å². The fourth-order valence-electron chi connectivity index (χ4n) is 2.19. The van der Waals surface area contributed by atoms with E-state index in [4.69, 9.17) is 16.3 Å². The summed E-state index contributed by atoms with van der Waals surface area (Å²) in [5.74, 6) is 0.471. The van der Waals surface area contributed by atoms with Gasteiger partial charge >= 0.3 is 0 Å². The second-order valence-corrected chi connectivity index (χ2v) is 6.13. The number of benzene rings is 1. The molecule has 0 atom stereocenters. The maximum Gasteiger partial charge on any atom is 0.247 e. The van der Waals surface area contributed by atoms with E-state index in [1.54, 1.807) is 36.7 Å². The molecule has 1 aromatic carbocycles. The maximum absolute atomic E-state index is 11.4. The number of hydrogen-bond donors (Lipinski definition) is 2. The van der Waals surface area contributed by atoms with E-state index in [9.17, 15) is 4.79 Å². The molecule has 0 aliphatic rings. The highest BCUT2D eigenvalue weighted by molar-refractivity contribution is 6.31. The van der Waals surface area contributed by atoms with Gasteiger partial charge in [0.15, 0.2) is 0 Å². The molecule has 0 fully saturated rings. The third kappa shape index (κ3) is 5.60. The Bertz CT molecular complexity index is 1060. The van der Waals surface area contributed by atoms with Crippen LogP contribution in [0.1, 0.15) is 12.5 Å². The van der Waals surface area contributed by atoms with Crippen LogP contribution >= 0.6 is 11.6 Å². The van der Waals surface area contributed by atoms with Gasteiger partial charge in [-0.05, 0) is 31.2 Å². The molecule has 0 saturated heterocycles. The van der Waals surface area contributed by atoms with Crippen molar-refractivity contribution in [1.29, 1.82) is 0 Å². The molecule has 3 aromatic rings. The summed E-state index contributed by atoms with van der Waals surface area (Å²) >= 11 is 6.15. The lowest BCUT2D eigenvalue weighted by atomic mass is 10.2. The number of carbonyl (C=O) groups is 1. The van der Waals surface area contributed by atoms with Crippen molar-refractivity contribution in [3.8, 4) is 11.6 Å². The minimum Gasteiger partial charge on any atom is -0.437 e. The number of hydrazone groups is 1. The van der Waals surface area contributed by atoms with Gasteiger partial charge in [0.25, 0.3) is 0 Å². The highest BCUT2D eigenvalue weighted by atomic mass is 35.5. The molecule has 0 spiro atoms. The van der Waals surface area contributed by atoms with Gasteiger partial charge in [-0.2, -0.15) is 10.1 Å².